The zero-order valence-electron chi connectivity index (χ0n) is 9.19. The Labute approximate surface area is 94.2 Å². The molecule has 0 aromatic heterocycles. The summed E-state index contributed by atoms with van der Waals surface area (Å²) in [7, 11) is 0. The summed E-state index contributed by atoms with van der Waals surface area (Å²) in [5, 5.41) is 3.01. The van der Waals surface area contributed by atoms with Gasteiger partial charge in [-0.15, -0.1) is 0 Å². The molecule has 1 amide bonds. The second kappa shape index (κ2) is 4.45. The number of Topliss-reactive ketones (excluding diaryl/α,β-unsaturated/α-hetero) is 1. The summed E-state index contributed by atoms with van der Waals surface area (Å²) in [5.74, 6) is 0.0661. The minimum absolute atomic E-state index is 0.0180. The van der Waals surface area contributed by atoms with Crippen molar-refractivity contribution < 1.29 is 9.59 Å². The zero-order chi connectivity index (χ0) is 11.5. The van der Waals surface area contributed by atoms with E-state index in [1.807, 2.05) is 6.07 Å². The van der Waals surface area contributed by atoms with E-state index in [0.29, 0.717) is 18.7 Å². The maximum absolute atomic E-state index is 11.7. The van der Waals surface area contributed by atoms with Crippen LogP contribution in [0.4, 0.5) is 5.69 Å². The number of ketones is 1. The number of nitrogens with one attached hydrogen (secondary N) is 1. The Balaban J connectivity index is 2.28. The predicted octanol–water partition coefficient (Wildman–Crippen LogP) is 0.825. The average Bonchev–Trinajstić information content (AvgIpc) is 2.30. The van der Waals surface area contributed by atoms with Gasteiger partial charge >= 0.3 is 0 Å². The van der Waals surface area contributed by atoms with Crippen LogP contribution in [0.2, 0.25) is 0 Å². The molecule has 1 aliphatic rings. The van der Waals surface area contributed by atoms with Gasteiger partial charge in [0, 0.05) is 24.3 Å². The summed E-state index contributed by atoms with van der Waals surface area (Å²) >= 11 is 0. The molecule has 0 unspecified atom stereocenters. The van der Waals surface area contributed by atoms with Crippen molar-refractivity contribution in [1.82, 2.24) is 5.32 Å². The van der Waals surface area contributed by atoms with E-state index in [-0.39, 0.29) is 11.7 Å². The lowest BCUT2D eigenvalue weighted by Crippen LogP contribution is -2.48. The molecule has 4 nitrogen and oxygen atoms in total. The SMILES string of the molecule is CC(=O)c1cccc(N2CCNCC2=O)c1. The largest absolute Gasteiger partial charge is 0.310 e. The van der Waals surface area contributed by atoms with Crippen molar-refractivity contribution in [2.45, 2.75) is 6.92 Å². The van der Waals surface area contributed by atoms with Crippen molar-refractivity contribution in [3.63, 3.8) is 0 Å². The molecule has 1 aromatic rings. The quantitative estimate of drug-likeness (QED) is 0.748. The molecular weight excluding hydrogens is 204 g/mol. The number of benzene rings is 1. The number of hydrogen-bond donors (Lipinski definition) is 1. The van der Waals surface area contributed by atoms with Crippen LogP contribution in [0, 0.1) is 0 Å². The van der Waals surface area contributed by atoms with E-state index >= 15 is 0 Å². The summed E-state index contributed by atoms with van der Waals surface area (Å²) in [4.78, 5) is 24.6. The first-order valence-electron chi connectivity index (χ1n) is 5.30. The summed E-state index contributed by atoms with van der Waals surface area (Å²) in [5.41, 5.74) is 1.45. The fourth-order valence-electron chi connectivity index (χ4n) is 1.77. The fourth-order valence-corrected chi connectivity index (χ4v) is 1.77. The van der Waals surface area contributed by atoms with Crippen molar-refractivity contribution in [3.8, 4) is 0 Å². The normalized spacial score (nSPS) is 16.3. The molecule has 1 saturated heterocycles. The molecule has 0 radical (unpaired) electrons. The van der Waals surface area contributed by atoms with E-state index in [9.17, 15) is 9.59 Å². The highest BCUT2D eigenvalue weighted by atomic mass is 16.2. The molecule has 0 spiro atoms. The van der Waals surface area contributed by atoms with Gasteiger partial charge in [0.25, 0.3) is 0 Å². The van der Waals surface area contributed by atoms with E-state index in [1.165, 1.54) is 6.92 Å². The third-order valence-electron chi connectivity index (χ3n) is 2.65. The van der Waals surface area contributed by atoms with Gasteiger partial charge in [0.15, 0.2) is 5.78 Å². The monoisotopic (exact) mass is 218 g/mol. The molecule has 0 atom stereocenters. The number of amides is 1. The van der Waals surface area contributed by atoms with Crippen LogP contribution in [-0.4, -0.2) is 31.3 Å². The van der Waals surface area contributed by atoms with Crippen LogP contribution in [0.25, 0.3) is 0 Å². The molecule has 84 valence electrons. The molecule has 0 saturated carbocycles. The maximum atomic E-state index is 11.7. The highest BCUT2D eigenvalue weighted by molar-refractivity contribution is 5.99. The first-order valence-corrected chi connectivity index (χ1v) is 5.30. The Morgan fingerprint density at radius 2 is 2.25 bits per heavy atom. The van der Waals surface area contributed by atoms with Crippen molar-refractivity contribution in [3.05, 3.63) is 29.8 Å². The van der Waals surface area contributed by atoms with Gasteiger partial charge in [-0.2, -0.15) is 0 Å². The van der Waals surface area contributed by atoms with E-state index in [2.05, 4.69) is 5.32 Å². The van der Waals surface area contributed by atoms with E-state index in [0.717, 1.165) is 12.2 Å². The number of anilines is 1. The lowest BCUT2D eigenvalue weighted by molar-refractivity contribution is -0.118. The third kappa shape index (κ3) is 2.12. The van der Waals surface area contributed by atoms with Gasteiger partial charge in [-0.3, -0.25) is 9.59 Å². The third-order valence-corrected chi connectivity index (χ3v) is 2.65. The van der Waals surface area contributed by atoms with Gasteiger partial charge in [-0.05, 0) is 19.1 Å². The number of carbonyl (C=O) groups excluding carboxylic acids is 2. The average molecular weight is 218 g/mol. The lowest BCUT2D eigenvalue weighted by atomic mass is 10.1. The highest BCUT2D eigenvalue weighted by Gasteiger charge is 2.19. The zero-order valence-corrected chi connectivity index (χ0v) is 9.19. The standard InChI is InChI=1S/C12H14N2O2/c1-9(15)10-3-2-4-11(7-10)14-6-5-13-8-12(14)16/h2-4,7,13H,5-6,8H2,1H3. The highest BCUT2D eigenvalue weighted by Crippen LogP contribution is 2.17. The predicted molar refractivity (Wildman–Crippen MR) is 61.7 cm³/mol. The molecule has 1 N–H and O–H groups in total. The Morgan fingerprint density at radius 3 is 2.94 bits per heavy atom. The van der Waals surface area contributed by atoms with Crippen molar-refractivity contribution in [2.75, 3.05) is 24.5 Å². The van der Waals surface area contributed by atoms with Crippen molar-refractivity contribution in [2.24, 2.45) is 0 Å². The van der Waals surface area contributed by atoms with Crippen LogP contribution in [0.3, 0.4) is 0 Å². The van der Waals surface area contributed by atoms with Crippen LogP contribution in [0.5, 0.6) is 0 Å². The maximum Gasteiger partial charge on any atom is 0.240 e. The summed E-state index contributed by atoms with van der Waals surface area (Å²) < 4.78 is 0. The molecule has 1 aromatic carbocycles. The molecule has 0 bridgehead atoms. The van der Waals surface area contributed by atoms with Gasteiger partial charge in [-0.25, -0.2) is 0 Å². The van der Waals surface area contributed by atoms with Gasteiger partial charge in [0.2, 0.25) is 5.91 Å². The van der Waals surface area contributed by atoms with E-state index in [4.69, 9.17) is 0 Å². The Bertz CT molecular complexity index is 429. The molecular formula is C12H14N2O2. The molecule has 0 aliphatic carbocycles. The molecule has 2 rings (SSSR count). The molecule has 1 aliphatic heterocycles. The summed E-state index contributed by atoms with van der Waals surface area (Å²) in [6.07, 6.45) is 0. The van der Waals surface area contributed by atoms with Gasteiger partial charge < -0.3 is 10.2 Å². The minimum Gasteiger partial charge on any atom is -0.310 e. The molecule has 4 heteroatoms. The van der Waals surface area contributed by atoms with Crippen LogP contribution >= 0.6 is 0 Å². The van der Waals surface area contributed by atoms with Gasteiger partial charge in [0.05, 0.1) is 6.54 Å². The van der Waals surface area contributed by atoms with Gasteiger partial charge in [-0.1, -0.05) is 12.1 Å². The number of hydrogen-bond acceptors (Lipinski definition) is 3. The number of rotatable bonds is 2. The first kappa shape index (κ1) is 10.8. The van der Waals surface area contributed by atoms with Gasteiger partial charge in [0.1, 0.15) is 0 Å². The first-order chi connectivity index (χ1) is 7.68. The fraction of sp³-hybridized carbons (Fsp3) is 0.333. The Morgan fingerprint density at radius 1 is 1.44 bits per heavy atom. The smallest absolute Gasteiger partial charge is 0.240 e. The molecule has 1 fully saturated rings. The molecule has 16 heavy (non-hydrogen) atoms. The Hall–Kier alpha value is -1.68. The van der Waals surface area contributed by atoms with Crippen LogP contribution in [0.1, 0.15) is 17.3 Å². The topological polar surface area (TPSA) is 49.4 Å². The Kier molecular flexibility index (Phi) is 3.01. The van der Waals surface area contributed by atoms with E-state index < -0.39 is 0 Å². The van der Waals surface area contributed by atoms with Crippen molar-refractivity contribution >= 4 is 17.4 Å². The molecule has 1 heterocycles. The second-order valence-electron chi connectivity index (χ2n) is 3.83. The number of carbonyl (C=O) groups is 2. The minimum atomic E-state index is 0.0180. The van der Waals surface area contributed by atoms with Crippen LogP contribution < -0.4 is 10.2 Å². The second-order valence-corrected chi connectivity index (χ2v) is 3.83. The number of piperazine rings is 1. The van der Waals surface area contributed by atoms with Crippen LogP contribution in [0.15, 0.2) is 24.3 Å². The van der Waals surface area contributed by atoms with Crippen molar-refractivity contribution in [1.29, 1.82) is 0 Å². The van der Waals surface area contributed by atoms with E-state index in [1.54, 1.807) is 23.1 Å². The summed E-state index contributed by atoms with van der Waals surface area (Å²) in [6, 6.07) is 7.20. The number of nitrogens with zero attached hydrogens (tertiary/aromatic N) is 1. The lowest BCUT2D eigenvalue weighted by Gasteiger charge is -2.27. The van der Waals surface area contributed by atoms with Crippen LogP contribution in [-0.2, 0) is 4.79 Å². The summed E-state index contributed by atoms with van der Waals surface area (Å²) in [6.45, 7) is 3.33.